The first kappa shape index (κ1) is 15.3. The van der Waals surface area contributed by atoms with Crippen molar-refractivity contribution in [1.82, 2.24) is 9.80 Å². The zero-order chi connectivity index (χ0) is 14.7. The van der Waals surface area contributed by atoms with E-state index in [1.165, 1.54) is 6.42 Å². The maximum absolute atomic E-state index is 12.4. The van der Waals surface area contributed by atoms with Gasteiger partial charge in [0.25, 0.3) is 0 Å². The van der Waals surface area contributed by atoms with E-state index in [0.717, 1.165) is 25.8 Å². The summed E-state index contributed by atoms with van der Waals surface area (Å²) in [4.78, 5) is 27.5. The molecule has 20 heavy (non-hydrogen) atoms. The number of piperidine rings is 1. The van der Waals surface area contributed by atoms with Crippen LogP contribution in [0.3, 0.4) is 0 Å². The molecule has 0 aromatic heterocycles. The average molecular weight is 283 g/mol. The van der Waals surface area contributed by atoms with Gasteiger partial charge in [0, 0.05) is 19.1 Å². The lowest BCUT2D eigenvalue weighted by Gasteiger charge is -2.36. The summed E-state index contributed by atoms with van der Waals surface area (Å²) in [7, 11) is 0. The third kappa shape index (κ3) is 3.30. The van der Waals surface area contributed by atoms with Crippen LogP contribution >= 0.6 is 0 Å². The van der Waals surface area contributed by atoms with Crippen LogP contribution in [0.2, 0.25) is 0 Å². The summed E-state index contributed by atoms with van der Waals surface area (Å²) in [5.74, 6) is -0.406. The first-order chi connectivity index (χ1) is 9.52. The van der Waals surface area contributed by atoms with Crippen LogP contribution in [0.15, 0.2) is 0 Å². The van der Waals surface area contributed by atoms with E-state index in [4.69, 9.17) is 5.73 Å². The number of β-amino-alcohol motifs (C(OH)–C–C–N with tert-alkyl or cyclic N) is 1. The van der Waals surface area contributed by atoms with Gasteiger partial charge in [0.15, 0.2) is 0 Å². The van der Waals surface area contributed by atoms with Crippen molar-refractivity contribution in [3.05, 3.63) is 0 Å². The predicted molar refractivity (Wildman–Crippen MR) is 74.8 cm³/mol. The van der Waals surface area contributed by atoms with Crippen LogP contribution in [0.5, 0.6) is 0 Å². The highest BCUT2D eigenvalue weighted by molar-refractivity contribution is 5.83. The predicted octanol–water partition coefficient (Wildman–Crippen LogP) is -0.302. The molecule has 2 rings (SSSR count). The van der Waals surface area contributed by atoms with Crippen LogP contribution in [0.25, 0.3) is 0 Å². The van der Waals surface area contributed by atoms with E-state index in [1.807, 2.05) is 4.90 Å². The van der Waals surface area contributed by atoms with Gasteiger partial charge in [-0.05, 0) is 32.1 Å². The molecule has 0 aromatic carbocycles. The Morgan fingerprint density at radius 2 is 2.10 bits per heavy atom. The normalized spacial score (nSPS) is 31.5. The van der Waals surface area contributed by atoms with Crippen molar-refractivity contribution in [3.63, 3.8) is 0 Å². The Labute approximate surface area is 119 Å². The fraction of sp³-hybridized carbons (Fsp3) is 0.857. The molecule has 0 unspecified atom stereocenters. The zero-order valence-electron chi connectivity index (χ0n) is 12.1. The smallest absolute Gasteiger partial charge is 0.237 e. The summed E-state index contributed by atoms with van der Waals surface area (Å²) in [5, 5.41) is 9.67. The van der Waals surface area contributed by atoms with Crippen LogP contribution in [0.4, 0.5) is 0 Å². The first-order valence-electron chi connectivity index (χ1n) is 7.53. The minimum absolute atomic E-state index is 0.0527. The molecule has 6 nitrogen and oxygen atoms in total. The minimum atomic E-state index is -0.566. The summed E-state index contributed by atoms with van der Waals surface area (Å²) in [6, 6.07) is -0.199. The van der Waals surface area contributed by atoms with Crippen LogP contribution in [-0.2, 0) is 9.59 Å². The third-order valence-corrected chi connectivity index (χ3v) is 4.47. The Bertz CT molecular complexity index is 375. The van der Waals surface area contributed by atoms with Gasteiger partial charge >= 0.3 is 0 Å². The molecule has 0 aliphatic carbocycles. The third-order valence-electron chi connectivity index (χ3n) is 4.47. The van der Waals surface area contributed by atoms with Crippen molar-refractivity contribution in [2.75, 3.05) is 19.6 Å². The van der Waals surface area contributed by atoms with Crippen LogP contribution < -0.4 is 5.73 Å². The standard InChI is InChI=1S/C14H25N3O3/c1-2-10-5-3-4-6-17(10)13(19)9-16-8-11(18)7-12(16)14(15)20/h10-12,18H,2-9H2,1H3,(H2,15,20)/t10-,11-,12-/m1/s1. The van der Waals surface area contributed by atoms with E-state index in [-0.39, 0.29) is 12.5 Å². The van der Waals surface area contributed by atoms with E-state index in [0.29, 0.717) is 19.0 Å². The Balaban J connectivity index is 1.97. The van der Waals surface area contributed by atoms with E-state index in [9.17, 15) is 14.7 Å². The van der Waals surface area contributed by atoms with Crippen molar-refractivity contribution in [2.24, 2.45) is 5.73 Å². The number of carbonyl (C=O) groups is 2. The molecular formula is C14H25N3O3. The number of aliphatic hydroxyl groups excluding tert-OH is 1. The second-order valence-electron chi connectivity index (χ2n) is 5.88. The molecule has 3 atom stereocenters. The lowest BCUT2D eigenvalue weighted by Crippen LogP contribution is -2.50. The number of aliphatic hydroxyl groups is 1. The summed E-state index contributed by atoms with van der Waals surface area (Å²) in [6.45, 7) is 3.43. The average Bonchev–Trinajstić information content (AvgIpc) is 2.79. The van der Waals surface area contributed by atoms with E-state index in [2.05, 4.69) is 6.92 Å². The van der Waals surface area contributed by atoms with Gasteiger partial charge in [-0.2, -0.15) is 0 Å². The Morgan fingerprint density at radius 1 is 1.35 bits per heavy atom. The molecule has 0 spiro atoms. The highest BCUT2D eigenvalue weighted by Gasteiger charge is 2.37. The number of likely N-dealkylation sites (tertiary alicyclic amines) is 2. The van der Waals surface area contributed by atoms with Crippen molar-refractivity contribution in [1.29, 1.82) is 0 Å². The molecule has 0 aromatic rings. The van der Waals surface area contributed by atoms with Crippen LogP contribution in [0, 0.1) is 0 Å². The molecule has 0 bridgehead atoms. The molecule has 2 heterocycles. The number of primary amides is 1. The quantitative estimate of drug-likeness (QED) is 0.741. The highest BCUT2D eigenvalue weighted by atomic mass is 16.3. The number of rotatable bonds is 4. The van der Waals surface area contributed by atoms with E-state index < -0.39 is 18.1 Å². The summed E-state index contributed by atoms with van der Waals surface area (Å²) in [5.41, 5.74) is 5.34. The van der Waals surface area contributed by atoms with Crippen molar-refractivity contribution < 1.29 is 14.7 Å². The molecule has 2 aliphatic heterocycles. The Hall–Kier alpha value is -1.14. The van der Waals surface area contributed by atoms with Crippen LogP contribution in [0.1, 0.15) is 39.0 Å². The van der Waals surface area contributed by atoms with Gasteiger partial charge in [-0.15, -0.1) is 0 Å². The lowest BCUT2D eigenvalue weighted by atomic mass is 10.00. The Morgan fingerprint density at radius 3 is 2.75 bits per heavy atom. The fourth-order valence-corrected chi connectivity index (χ4v) is 3.37. The molecule has 0 saturated carbocycles. The fourth-order valence-electron chi connectivity index (χ4n) is 3.37. The molecule has 2 amide bonds. The molecule has 2 saturated heterocycles. The molecule has 114 valence electrons. The molecule has 0 radical (unpaired) electrons. The topological polar surface area (TPSA) is 86.9 Å². The van der Waals surface area contributed by atoms with Crippen molar-refractivity contribution >= 4 is 11.8 Å². The molecular weight excluding hydrogens is 258 g/mol. The number of nitrogens with zero attached hydrogens (tertiary/aromatic N) is 2. The summed E-state index contributed by atoms with van der Waals surface area (Å²) < 4.78 is 0. The zero-order valence-corrected chi connectivity index (χ0v) is 12.1. The second kappa shape index (κ2) is 6.54. The molecule has 3 N–H and O–H groups in total. The van der Waals surface area contributed by atoms with Gasteiger partial charge < -0.3 is 15.7 Å². The maximum atomic E-state index is 12.4. The second-order valence-corrected chi connectivity index (χ2v) is 5.88. The largest absolute Gasteiger partial charge is 0.392 e. The maximum Gasteiger partial charge on any atom is 0.237 e. The van der Waals surface area contributed by atoms with Gasteiger partial charge in [0.1, 0.15) is 0 Å². The van der Waals surface area contributed by atoms with Gasteiger partial charge in [-0.1, -0.05) is 6.92 Å². The lowest BCUT2D eigenvalue weighted by molar-refractivity contribution is -0.137. The van der Waals surface area contributed by atoms with Gasteiger partial charge in [0.05, 0.1) is 18.7 Å². The van der Waals surface area contributed by atoms with Gasteiger partial charge in [-0.3, -0.25) is 14.5 Å². The summed E-state index contributed by atoms with van der Waals surface area (Å²) >= 11 is 0. The van der Waals surface area contributed by atoms with Gasteiger partial charge in [-0.25, -0.2) is 0 Å². The van der Waals surface area contributed by atoms with Crippen molar-refractivity contribution in [3.8, 4) is 0 Å². The van der Waals surface area contributed by atoms with Gasteiger partial charge in [0.2, 0.25) is 11.8 Å². The monoisotopic (exact) mass is 283 g/mol. The van der Waals surface area contributed by atoms with Crippen molar-refractivity contribution in [2.45, 2.75) is 57.2 Å². The van der Waals surface area contributed by atoms with E-state index in [1.54, 1.807) is 4.90 Å². The Kier molecular flexibility index (Phi) is 4.99. The van der Waals surface area contributed by atoms with E-state index >= 15 is 0 Å². The highest BCUT2D eigenvalue weighted by Crippen LogP contribution is 2.22. The SMILES string of the molecule is CC[C@@H]1CCCCN1C(=O)CN1C[C@H](O)C[C@@H]1C(N)=O. The number of nitrogens with two attached hydrogens (primary N) is 1. The number of carbonyl (C=O) groups excluding carboxylic acids is 2. The molecule has 2 aliphatic rings. The summed E-state index contributed by atoms with van der Waals surface area (Å²) in [6.07, 6.45) is 4.01. The first-order valence-corrected chi connectivity index (χ1v) is 7.53. The number of amides is 2. The molecule has 2 fully saturated rings. The minimum Gasteiger partial charge on any atom is -0.392 e. The molecule has 6 heteroatoms. The number of hydrogen-bond acceptors (Lipinski definition) is 4. The van der Waals surface area contributed by atoms with Crippen LogP contribution in [-0.4, -0.2) is 64.5 Å². The number of hydrogen-bond donors (Lipinski definition) is 2.